The van der Waals surface area contributed by atoms with E-state index < -0.39 is 47.8 Å². The van der Waals surface area contributed by atoms with Crippen LogP contribution in [0.5, 0.6) is 11.5 Å². The number of halogens is 4. The van der Waals surface area contributed by atoms with Gasteiger partial charge in [-0.3, -0.25) is 19.2 Å². The Morgan fingerprint density at radius 3 is 2.36 bits per heavy atom. The van der Waals surface area contributed by atoms with Crippen LogP contribution >= 0.6 is 22.6 Å². The number of aromatic nitrogens is 1. The molecule has 0 saturated carbocycles. The van der Waals surface area contributed by atoms with Gasteiger partial charge in [0.2, 0.25) is 11.8 Å². The van der Waals surface area contributed by atoms with Crippen molar-refractivity contribution >= 4 is 46.0 Å². The molecular formula is C32H32F3IN4O7. The molecule has 11 nitrogen and oxygen atoms in total. The van der Waals surface area contributed by atoms with Crippen molar-refractivity contribution in [2.45, 2.75) is 38.5 Å². The summed E-state index contributed by atoms with van der Waals surface area (Å²) in [5.41, 5.74) is 0.0140. The zero-order valence-corrected chi connectivity index (χ0v) is 27.8. The molecule has 3 heterocycles. The molecule has 0 aliphatic carbocycles. The molecule has 3 amide bonds. The van der Waals surface area contributed by atoms with Crippen LogP contribution < -0.4 is 25.2 Å². The molecule has 2 aromatic carbocycles. The van der Waals surface area contributed by atoms with Crippen molar-refractivity contribution in [3.05, 3.63) is 85.1 Å². The number of ether oxygens (including phenoxy) is 3. The molecule has 250 valence electrons. The number of benzene rings is 2. The Hall–Kier alpha value is -4.12. The van der Waals surface area contributed by atoms with Gasteiger partial charge in [0.15, 0.2) is 0 Å². The highest BCUT2D eigenvalue weighted by Crippen LogP contribution is 2.38. The highest BCUT2D eigenvalue weighted by atomic mass is 127. The summed E-state index contributed by atoms with van der Waals surface area (Å²) in [6.45, 7) is 1.57. The maximum absolute atomic E-state index is 15.7. The maximum Gasteiger partial charge on any atom is 0.387 e. The fourth-order valence-electron chi connectivity index (χ4n) is 5.83. The van der Waals surface area contributed by atoms with Crippen molar-refractivity contribution in [2.75, 3.05) is 44.9 Å². The molecule has 2 aliphatic rings. The average Bonchev–Trinajstić information content (AvgIpc) is 3.34. The zero-order chi connectivity index (χ0) is 34.0. The second-order valence-corrected chi connectivity index (χ2v) is 12.2. The maximum atomic E-state index is 15.7. The second-order valence-electron chi connectivity index (χ2n) is 11.1. The molecule has 15 heteroatoms. The lowest BCUT2D eigenvalue weighted by Gasteiger charge is -2.30. The lowest BCUT2D eigenvalue weighted by Crippen LogP contribution is -2.46. The van der Waals surface area contributed by atoms with E-state index in [0.717, 1.165) is 0 Å². The van der Waals surface area contributed by atoms with Gasteiger partial charge in [-0.05, 0) is 78.4 Å². The fourth-order valence-corrected chi connectivity index (χ4v) is 6.79. The van der Waals surface area contributed by atoms with Crippen molar-refractivity contribution in [3.8, 4) is 11.5 Å². The van der Waals surface area contributed by atoms with Crippen LogP contribution in [-0.2, 0) is 14.3 Å². The van der Waals surface area contributed by atoms with Crippen LogP contribution in [0.3, 0.4) is 0 Å². The van der Waals surface area contributed by atoms with Gasteiger partial charge in [0, 0.05) is 52.5 Å². The van der Waals surface area contributed by atoms with Crippen LogP contribution in [0, 0.1) is 16.3 Å². The number of aryl methyl sites for hydroxylation is 1. The van der Waals surface area contributed by atoms with Gasteiger partial charge in [-0.2, -0.15) is 8.78 Å². The van der Waals surface area contributed by atoms with Crippen LogP contribution in [0.4, 0.5) is 18.9 Å². The number of nitrogens with one attached hydrogen (secondary N) is 1. The third-order valence-corrected chi connectivity index (χ3v) is 9.16. The standard InChI is InChI=1S/C32H32F3IN4O7/c1-17-8-9-39(18(2)29(42)38-10-12-46-13-11-38)31(44)27(17)40-16-22(25-23(33)14-21(45-3)15-24(25)36)26(30(40)43)37-28(41)19-4-6-20(7-5-19)47-32(34)35/h4-9,14-15,18,22,26,32H,10-13,16H2,1-3H3,(H,37,41)/t18?,22-,26-/m0/s1. The highest BCUT2D eigenvalue weighted by Gasteiger charge is 2.46. The third kappa shape index (κ3) is 7.10. The van der Waals surface area contributed by atoms with Gasteiger partial charge in [0.25, 0.3) is 11.5 Å². The molecule has 5 rings (SSSR count). The monoisotopic (exact) mass is 768 g/mol. The molecule has 0 bridgehead atoms. The molecule has 0 spiro atoms. The largest absolute Gasteiger partial charge is 0.497 e. The molecule has 47 heavy (non-hydrogen) atoms. The van der Waals surface area contributed by atoms with E-state index in [-0.39, 0.29) is 40.8 Å². The van der Waals surface area contributed by atoms with Gasteiger partial charge >= 0.3 is 6.61 Å². The molecule has 3 aromatic rings. The number of hydrogen-bond donors (Lipinski definition) is 1. The topological polar surface area (TPSA) is 119 Å². The number of nitrogens with zero attached hydrogens (tertiary/aromatic N) is 3. The van der Waals surface area contributed by atoms with Gasteiger partial charge in [-0.1, -0.05) is 0 Å². The molecule has 2 saturated heterocycles. The lowest BCUT2D eigenvalue weighted by atomic mass is 9.93. The molecule has 2 aliphatic heterocycles. The number of pyridine rings is 1. The Bertz CT molecular complexity index is 1710. The van der Waals surface area contributed by atoms with E-state index in [9.17, 15) is 28.0 Å². The van der Waals surface area contributed by atoms with E-state index in [1.165, 1.54) is 53.1 Å². The van der Waals surface area contributed by atoms with Crippen molar-refractivity contribution in [1.82, 2.24) is 14.8 Å². The fraction of sp³-hybridized carbons (Fsp3) is 0.375. The number of alkyl halides is 2. The lowest BCUT2D eigenvalue weighted by molar-refractivity contribution is -0.138. The van der Waals surface area contributed by atoms with Crippen molar-refractivity contribution < 1.29 is 41.8 Å². The summed E-state index contributed by atoms with van der Waals surface area (Å²) in [5, 5.41) is 2.67. The smallest absolute Gasteiger partial charge is 0.387 e. The van der Waals surface area contributed by atoms with Crippen molar-refractivity contribution in [1.29, 1.82) is 0 Å². The third-order valence-electron chi connectivity index (χ3n) is 8.26. The normalized spacial score (nSPS) is 18.8. The van der Waals surface area contributed by atoms with Gasteiger partial charge in [-0.25, -0.2) is 4.39 Å². The molecule has 1 aromatic heterocycles. The Balaban J connectivity index is 1.52. The predicted molar refractivity (Wildman–Crippen MR) is 173 cm³/mol. The summed E-state index contributed by atoms with van der Waals surface area (Å²) in [7, 11) is 1.39. The SMILES string of the molecule is COc1cc(F)c([C@@H]2CN(c3c(C)ccn(C(C)C(=O)N4CCOCC4)c3=O)C(=O)[C@H]2NC(=O)c2ccc(OC(F)F)cc2)c(I)c1. The average molecular weight is 769 g/mol. The number of carbonyl (C=O) groups excluding carboxylic acids is 3. The van der Waals surface area contributed by atoms with E-state index >= 15 is 4.39 Å². The number of amides is 3. The first-order chi connectivity index (χ1) is 22.4. The van der Waals surface area contributed by atoms with E-state index in [1.54, 1.807) is 30.9 Å². The first-order valence-electron chi connectivity index (χ1n) is 14.7. The van der Waals surface area contributed by atoms with Crippen molar-refractivity contribution in [2.24, 2.45) is 0 Å². The number of anilines is 1. The first kappa shape index (κ1) is 34.2. The zero-order valence-electron chi connectivity index (χ0n) is 25.7. The number of hydrogen-bond acceptors (Lipinski definition) is 7. The first-order valence-corrected chi connectivity index (χ1v) is 15.8. The van der Waals surface area contributed by atoms with Crippen LogP contribution in [0.1, 0.15) is 40.4 Å². The molecule has 2 fully saturated rings. The number of rotatable bonds is 9. The summed E-state index contributed by atoms with van der Waals surface area (Å²) < 4.78 is 57.4. The van der Waals surface area contributed by atoms with E-state index in [0.29, 0.717) is 35.4 Å². The number of morpholine rings is 1. The predicted octanol–water partition coefficient (Wildman–Crippen LogP) is 3.86. The van der Waals surface area contributed by atoms with Crippen molar-refractivity contribution in [3.63, 3.8) is 0 Å². The molecule has 3 atom stereocenters. The minimum Gasteiger partial charge on any atom is -0.497 e. The Kier molecular flexibility index (Phi) is 10.4. The minimum atomic E-state index is -3.05. The summed E-state index contributed by atoms with van der Waals surface area (Å²) in [5.74, 6) is -3.21. The summed E-state index contributed by atoms with van der Waals surface area (Å²) in [6, 6.07) is 7.04. The highest BCUT2D eigenvalue weighted by molar-refractivity contribution is 14.1. The second kappa shape index (κ2) is 14.3. The van der Waals surface area contributed by atoms with E-state index in [2.05, 4.69) is 10.1 Å². The van der Waals surface area contributed by atoms with Gasteiger partial charge in [0.05, 0.1) is 20.3 Å². The Labute approximate surface area is 281 Å². The van der Waals surface area contributed by atoms with Crippen LogP contribution in [0.25, 0.3) is 0 Å². The summed E-state index contributed by atoms with van der Waals surface area (Å²) in [4.78, 5) is 57.6. The number of methoxy groups -OCH3 is 1. The van der Waals surface area contributed by atoms with Gasteiger partial charge in [-0.15, -0.1) is 0 Å². The van der Waals surface area contributed by atoms with Gasteiger partial charge in [0.1, 0.15) is 35.1 Å². The Morgan fingerprint density at radius 1 is 1.06 bits per heavy atom. The van der Waals surface area contributed by atoms with E-state index in [4.69, 9.17) is 9.47 Å². The van der Waals surface area contributed by atoms with Crippen LogP contribution in [-0.4, -0.2) is 79.8 Å². The molecule has 1 N–H and O–H groups in total. The minimum absolute atomic E-state index is 0.00157. The molecule has 1 unspecified atom stereocenters. The van der Waals surface area contributed by atoms with Gasteiger partial charge < -0.3 is 33.9 Å². The quantitative estimate of drug-likeness (QED) is 0.329. The van der Waals surface area contributed by atoms with Crippen LogP contribution in [0.15, 0.2) is 53.5 Å². The Morgan fingerprint density at radius 2 is 1.74 bits per heavy atom. The van der Waals surface area contributed by atoms with E-state index in [1.807, 2.05) is 22.6 Å². The van der Waals surface area contributed by atoms with Crippen LogP contribution in [0.2, 0.25) is 0 Å². The number of carbonyl (C=O) groups is 3. The molecular weight excluding hydrogens is 736 g/mol. The molecule has 0 radical (unpaired) electrons. The summed E-state index contributed by atoms with van der Waals surface area (Å²) >= 11 is 1.92. The summed E-state index contributed by atoms with van der Waals surface area (Å²) in [6.07, 6.45) is 1.50.